The number of amides is 1. The quantitative estimate of drug-likeness (QED) is 0.296. The minimum atomic E-state index is -1.16. The largest absolute Gasteiger partial charge is 0.489 e. The number of anilines is 1. The Morgan fingerprint density at radius 3 is 2.12 bits per heavy atom. The molecule has 8 nitrogen and oxygen atoms in total. The van der Waals surface area contributed by atoms with Crippen LogP contribution in [-0.4, -0.2) is 40.7 Å². The highest BCUT2D eigenvalue weighted by Gasteiger charge is 2.36. The molecule has 1 fully saturated rings. The molecule has 8 heteroatoms. The molecule has 2 aromatic carbocycles. The van der Waals surface area contributed by atoms with Gasteiger partial charge in [0.1, 0.15) is 12.4 Å². The van der Waals surface area contributed by atoms with E-state index in [-0.39, 0.29) is 5.41 Å². The third-order valence-electron chi connectivity index (χ3n) is 7.76. The zero-order valence-electron chi connectivity index (χ0n) is 25.8. The number of carbonyl (C=O) groups is 2. The Kier molecular flexibility index (Phi) is 8.97. The van der Waals surface area contributed by atoms with Gasteiger partial charge in [0.05, 0.1) is 11.3 Å². The summed E-state index contributed by atoms with van der Waals surface area (Å²) in [5, 5.41) is 10.4. The maximum atomic E-state index is 12.7. The number of benzene rings is 2. The zero-order valence-corrected chi connectivity index (χ0v) is 25.8. The minimum absolute atomic E-state index is 0.223. The molecule has 0 bridgehead atoms. The van der Waals surface area contributed by atoms with Crippen molar-refractivity contribution in [3.63, 3.8) is 0 Å². The van der Waals surface area contributed by atoms with Crippen molar-refractivity contribution in [3.05, 3.63) is 76.6 Å². The molecule has 0 radical (unpaired) electrons. The van der Waals surface area contributed by atoms with Gasteiger partial charge in [-0.1, -0.05) is 38.1 Å². The Morgan fingerprint density at radius 1 is 1.00 bits per heavy atom. The Hall–Kier alpha value is -3.91. The fourth-order valence-electron chi connectivity index (χ4n) is 5.40. The monoisotopic (exact) mass is 573 g/mol. The van der Waals surface area contributed by atoms with Crippen molar-refractivity contribution in [2.24, 2.45) is 11.1 Å². The standard InChI is InChI=1S/C34H43N3O5/c1-21-27(24-12-14-26(15-13-24)41-20-23-8-10-25(11-9-23)31(35)38)29(37-18-16-34(6,7)17-19-37)28(22(2)36-21)30(32(39)40)42-33(3,4)5/h8-15,30H,16-20H2,1-7H3,(H2,35,38)(H,39,40)/t30-/m0/s1. The summed E-state index contributed by atoms with van der Waals surface area (Å²) >= 11 is 0. The fraction of sp³-hybridized carbons (Fsp3) is 0.441. The van der Waals surface area contributed by atoms with Gasteiger partial charge >= 0.3 is 5.97 Å². The molecule has 0 unspecified atom stereocenters. The summed E-state index contributed by atoms with van der Waals surface area (Å²) in [7, 11) is 0. The number of carboxylic acids is 1. The SMILES string of the molecule is Cc1nc(C)c([C@H](OC(C)(C)C)C(=O)O)c(N2CCC(C)(C)CC2)c1-c1ccc(OCc2ccc(C(N)=O)cc2)cc1. The fourth-order valence-corrected chi connectivity index (χ4v) is 5.40. The first kappa shape index (κ1) is 31.0. The molecule has 0 saturated carbocycles. The van der Waals surface area contributed by atoms with E-state index in [0.717, 1.165) is 54.0 Å². The van der Waals surface area contributed by atoms with Crippen molar-refractivity contribution in [2.75, 3.05) is 18.0 Å². The van der Waals surface area contributed by atoms with Gasteiger partial charge in [-0.2, -0.15) is 0 Å². The lowest BCUT2D eigenvalue weighted by Gasteiger charge is -2.41. The highest BCUT2D eigenvalue weighted by molar-refractivity contribution is 5.92. The molecule has 3 N–H and O–H groups in total. The number of primary amides is 1. The lowest BCUT2D eigenvalue weighted by atomic mass is 9.82. The number of aliphatic carboxylic acids is 1. The Morgan fingerprint density at radius 2 is 1.60 bits per heavy atom. The van der Waals surface area contributed by atoms with Gasteiger partial charge in [0, 0.05) is 41.2 Å². The van der Waals surface area contributed by atoms with E-state index in [2.05, 4.69) is 18.7 Å². The molecular formula is C34H43N3O5. The molecule has 1 atom stereocenters. The third kappa shape index (κ3) is 7.29. The number of piperidine rings is 1. The first-order chi connectivity index (χ1) is 19.6. The second-order valence-electron chi connectivity index (χ2n) is 12.9. The van der Waals surface area contributed by atoms with Gasteiger partial charge in [0.2, 0.25) is 5.91 Å². The van der Waals surface area contributed by atoms with E-state index in [1.165, 1.54) is 0 Å². The molecule has 1 saturated heterocycles. The minimum Gasteiger partial charge on any atom is -0.489 e. The zero-order chi connectivity index (χ0) is 30.8. The third-order valence-corrected chi connectivity index (χ3v) is 7.76. The highest BCUT2D eigenvalue weighted by Crippen LogP contribution is 2.45. The maximum Gasteiger partial charge on any atom is 0.337 e. The average Bonchev–Trinajstić information content (AvgIpc) is 2.91. The van der Waals surface area contributed by atoms with Crippen LogP contribution in [0.25, 0.3) is 11.1 Å². The Balaban J connectivity index is 1.73. The van der Waals surface area contributed by atoms with E-state index < -0.39 is 23.6 Å². The maximum absolute atomic E-state index is 12.7. The number of aromatic nitrogens is 1. The van der Waals surface area contributed by atoms with Crippen molar-refractivity contribution >= 4 is 17.6 Å². The molecule has 1 aromatic heterocycles. The summed E-state index contributed by atoms with van der Waals surface area (Å²) in [5.41, 5.74) is 11.1. The lowest BCUT2D eigenvalue weighted by Crippen LogP contribution is -2.39. The van der Waals surface area contributed by atoms with Crippen LogP contribution in [0.3, 0.4) is 0 Å². The van der Waals surface area contributed by atoms with E-state index in [4.69, 9.17) is 20.2 Å². The molecule has 1 aliphatic rings. The van der Waals surface area contributed by atoms with Crippen LogP contribution in [0.15, 0.2) is 48.5 Å². The van der Waals surface area contributed by atoms with Gasteiger partial charge in [-0.05, 0) is 88.3 Å². The second kappa shape index (κ2) is 12.1. The van der Waals surface area contributed by atoms with E-state index in [9.17, 15) is 14.7 Å². The number of hydrogen-bond acceptors (Lipinski definition) is 6. The number of pyridine rings is 1. The van der Waals surface area contributed by atoms with Crippen molar-refractivity contribution in [1.82, 2.24) is 4.98 Å². The van der Waals surface area contributed by atoms with Gasteiger partial charge in [-0.25, -0.2) is 4.79 Å². The number of ether oxygens (including phenoxy) is 2. The van der Waals surface area contributed by atoms with E-state index in [1.54, 1.807) is 12.1 Å². The first-order valence-corrected chi connectivity index (χ1v) is 14.4. The number of nitrogens with two attached hydrogens (primary N) is 1. The molecule has 42 heavy (non-hydrogen) atoms. The predicted octanol–water partition coefficient (Wildman–Crippen LogP) is 6.61. The lowest BCUT2D eigenvalue weighted by molar-refractivity contribution is -0.160. The summed E-state index contributed by atoms with van der Waals surface area (Å²) in [4.78, 5) is 31.2. The van der Waals surface area contributed by atoms with Crippen LogP contribution in [-0.2, 0) is 16.1 Å². The van der Waals surface area contributed by atoms with Gasteiger partial charge < -0.3 is 25.2 Å². The summed E-state index contributed by atoms with van der Waals surface area (Å²) in [6.45, 7) is 16.0. The predicted molar refractivity (Wildman–Crippen MR) is 165 cm³/mol. The van der Waals surface area contributed by atoms with Crippen molar-refractivity contribution in [2.45, 2.75) is 79.6 Å². The van der Waals surface area contributed by atoms with Crippen molar-refractivity contribution < 1.29 is 24.2 Å². The summed E-state index contributed by atoms with van der Waals surface area (Å²) in [6.07, 6.45) is 0.833. The number of aryl methyl sites for hydroxylation is 2. The normalized spacial score (nSPS) is 15.7. The molecule has 4 rings (SSSR count). The topological polar surface area (TPSA) is 115 Å². The van der Waals surface area contributed by atoms with Crippen LogP contribution >= 0.6 is 0 Å². The molecular weight excluding hydrogens is 530 g/mol. The molecule has 0 aliphatic carbocycles. The number of hydrogen-bond donors (Lipinski definition) is 2. The van der Waals surface area contributed by atoms with Crippen LogP contribution < -0.4 is 15.4 Å². The van der Waals surface area contributed by atoms with Crippen LogP contribution in [0.2, 0.25) is 0 Å². The Labute approximate surface area is 248 Å². The van der Waals surface area contributed by atoms with Crippen LogP contribution in [0.4, 0.5) is 5.69 Å². The average molecular weight is 574 g/mol. The summed E-state index contributed by atoms with van der Waals surface area (Å²) in [5.74, 6) is -0.804. The van der Waals surface area contributed by atoms with Gasteiger partial charge in [0.15, 0.2) is 6.10 Å². The summed E-state index contributed by atoms with van der Waals surface area (Å²) < 4.78 is 12.2. The number of rotatable bonds is 9. The molecule has 3 aromatic rings. The molecule has 0 spiro atoms. The van der Waals surface area contributed by atoms with E-state index >= 15 is 0 Å². The van der Waals surface area contributed by atoms with E-state index in [0.29, 0.717) is 29.2 Å². The molecule has 1 amide bonds. The van der Waals surface area contributed by atoms with Gasteiger partial charge in [0.25, 0.3) is 0 Å². The van der Waals surface area contributed by atoms with E-state index in [1.807, 2.05) is 71.0 Å². The second-order valence-corrected chi connectivity index (χ2v) is 12.9. The molecule has 224 valence electrons. The smallest absolute Gasteiger partial charge is 0.337 e. The van der Waals surface area contributed by atoms with Crippen LogP contribution in [0.1, 0.15) is 86.4 Å². The van der Waals surface area contributed by atoms with Crippen molar-refractivity contribution in [1.29, 1.82) is 0 Å². The number of nitrogens with zero attached hydrogens (tertiary/aromatic N) is 2. The summed E-state index contributed by atoms with van der Waals surface area (Å²) in [6, 6.07) is 14.8. The Bertz CT molecular complexity index is 1430. The van der Waals surface area contributed by atoms with Gasteiger partial charge in [-0.15, -0.1) is 0 Å². The molecule has 1 aliphatic heterocycles. The number of carboxylic acid groups (broad SMARTS) is 1. The van der Waals surface area contributed by atoms with Crippen LogP contribution in [0, 0.1) is 19.3 Å². The van der Waals surface area contributed by atoms with Gasteiger partial charge in [-0.3, -0.25) is 9.78 Å². The molecule has 2 heterocycles. The van der Waals surface area contributed by atoms with Crippen LogP contribution in [0.5, 0.6) is 5.75 Å². The first-order valence-electron chi connectivity index (χ1n) is 14.4. The van der Waals surface area contributed by atoms with Crippen molar-refractivity contribution in [3.8, 4) is 16.9 Å². The highest BCUT2D eigenvalue weighted by atomic mass is 16.5. The number of carbonyl (C=O) groups excluding carboxylic acids is 1.